The molecular weight excluding hydrogens is 432 g/mol. The van der Waals surface area contributed by atoms with Crippen LogP contribution in [-0.4, -0.2) is 63.9 Å². The van der Waals surface area contributed by atoms with Crippen molar-refractivity contribution >= 4 is 11.7 Å². The largest absolute Gasteiger partial charge is 0.481 e. The van der Waals surface area contributed by atoms with Gasteiger partial charge in [-0.25, -0.2) is 0 Å². The molecule has 1 amide bonds. The highest BCUT2D eigenvalue weighted by atomic mass is 16.5. The molecule has 1 aliphatic rings. The number of carbonyl (C=O) groups excluding carboxylic acids is 2. The van der Waals surface area contributed by atoms with Gasteiger partial charge < -0.3 is 14.2 Å². The van der Waals surface area contributed by atoms with Crippen LogP contribution in [0.1, 0.15) is 48.6 Å². The SMILES string of the molecule is CC(=O)c1cccc(OC(C)C(=O)N2CCN(C(C)c3nc(-c4ccc(C)cc4)no3)CC2)c1. The number of benzene rings is 2. The third-order valence-electron chi connectivity index (χ3n) is 6.18. The summed E-state index contributed by atoms with van der Waals surface area (Å²) in [4.78, 5) is 33.2. The number of hydrogen-bond donors (Lipinski definition) is 0. The highest BCUT2D eigenvalue weighted by molar-refractivity contribution is 5.94. The van der Waals surface area contributed by atoms with Gasteiger partial charge in [-0.3, -0.25) is 14.5 Å². The third kappa shape index (κ3) is 5.34. The van der Waals surface area contributed by atoms with Gasteiger partial charge in [-0.1, -0.05) is 47.1 Å². The van der Waals surface area contributed by atoms with Gasteiger partial charge in [0.25, 0.3) is 5.91 Å². The first-order valence-corrected chi connectivity index (χ1v) is 11.5. The van der Waals surface area contributed by atoms with Gasteiger partial charge >= 0.3 is 0 Å². The van der Waals surface area contributed by atoms with Gasteiger partial charge in [-0.2, -0.15) is 4.98 Å². The Morgan fingerprint density at radius 2 is 1.74 bits per heavy atom. The molecule has 8 nitrogen and oxygen atoms in total. The normalized spacial score (nSPS) is 16.2. The van der Waals surface area contributed by atoms with E-state index in [0.29, 0.717) is 49.2 Å². The first-order chi connectivity index (χ1) is 16.3. The van der Waals surface area contributed by atoms with Crippen LogP contribution in [-0.2, 0) is 4.79 Å². The number of piperazine rings is 1. The molecule has 2 aromatic carbocycles. The van der Waals surface area contributed by atoms with Crippen LogP contribution in [0.25, 0.3) is 11.4 Å². The summed E-state index contributed by atoms with van der Waals surface area (Å²) in [5.74, 6) is 1.55. The number of ketones is 1. The molecule has 3 aromatic rings. The van der Waals surface area contributed by atoms with Crippen LogP contribution in [0.3, 0.4) is 0 Å². The fraction of sp³-hybridized carbons (Fsp3) is 0.385. The Labute approximate surface area is 199 Å². The Kier molecular flexibility index (Phi) is 7.07. The average molecular weight is 463 g/mol. The van der Waals surface area contributed by atoms with Gasteiger partial charge in [0.1, 0.15) is 5.75 Å². The number of hydrogen-bond acceptors (Lipinski definition) is 7. The topological polar surface area (TPSA) is 88.8 Å². The Morgan fingerprint density at radius 1 is 1.03 bits per heavy atom. The summed E-state index contributed by atoms with van der Waals surface area (Å²) in [6.07, 6.45) is -0.640. The third-order valence-corrected chi connectivity index (χ3v) is 6.18. The lowest BCUT2D eigenvalue weighted by Crippen LogP contribution is -2.52. The molecule has 8 heteroatoms. The van der Waals surface area contributed by atoms with Crippen molar-refractivity contribution in [2.75, 3.05) is 26.2 Å². The lowest BCUT2D eigenvalue weighted by molar-refractivity contribution is -0.140. The summed E-state index contributed by atoms with van der Waals surface area (Å²) < 4.78 is 11.4. The fourth-order valence-electron chi connectivity index (χ4n) is 4.01. The summed E-state index contributed by atoms with van der Waals surface area (Å²) in [7, 11) is 0. The van der Waals surface area contributed by atoms with E-state index in [0.717, 1.165) is 5.56 Å². The van der Waals surface area contributed by atoms with Crippen LogP contribution >= 0.6 is 0 Å². The molecule has 2 atom stereocenters. The van der Waals surface area contributed by atoms with Crippen molar-refractivity contribution in [2.45, 2.75) is 39.8 Å². The molecule has 0 radical (unpaired) electrons. The smallest absolute Gasteiger partial charge is 0.263 e. The maximum absolute atomic E-state index is 12.9. The zero-order valence-corrected chi connectivity index (χ0v) is 20.0. The second-order valence-corrected chi connectivity index (χ2v) is 8.70. The van der Waals surface area contributed by atoms with Crippen molar-refractivity contribution in [3.63, 3.8) is 0 Å². The number of nitrogens with zero attached hydrogens (tertiary/aromatic N) is 4. The standard InChI is InChI=1S/C26H30N4O4/c1-17-8-10-21(11-9-17)24-27-25(34-28-24)18(2)29-12-14-30(15-13-29)26(32)20(4)33-23-7-5-6-22(16-23)19(3)31/h5-11,16,18,20H,12-15H2,1-4H3. The Bertz CT molecular complexity index is 1150. The number of rotatable bonds is 7. The highest BCUT2D eigenvalue weighted by Crippen LogP contribution is 2.24. The number of aryl methyl sites for hydroxylation is 1. The van der Waals surface area contributed by atoms with E-state index >= 15 is 0 Å². The minimum absolute atomic E-state index is 0.0399. The molecule has 1 saturated heterocycles. The molecule has 2 heterocycles. The van der Waals surface area contributed by atoms with Crippen molar-refractivity contribution < 1.29 is 18.8 Å². The van der Waals surface area contributed by atoms with Gasteiger partial charge in [0.05, 0.1) is 6.04 Å². The van der Waals surface area contributed by atoms with Crippen molar-refractivity contribution in [3.8, 4) is 17.1 Å². The van der Waals surface area contributed by atoms with Crippen LogP contribution in [0.5, 0.6) is 5.75 Å². The molecule has 0 aliphatic carbocycles. The van der Waals surface area contributed by atoms with Crippen LogP contribution in [0.15, 0.2) is 53.1 Å². The summed E-state index contributed by atoms with van der Waals surface area (Å²) in [6, 6.07) is 14.9. The van der Waals surface area contributed by atoms with Crippen molar-refractivity contribution in [3.05, 3.63) is 65.5 Å². The van der Waals surface area contributed by atoms with Crippen LogP contribution in [0.4, 0.5) is 0 Å². The summed E-state index contributed by atoms with van der Waals surface area (Å²) in [5.41, 5.74) is 2.66. The number of aromatic nitrogens is 2. The summed E-state index contributed by atoms with van der Waals surface area (Å²) >= 11 is 0. The molecule has 34 heavy (non-hydrogen) atoms. The van der Waals surface area contributed by atoms with Crippen LogP contribution in [0, 0.1) is 6.92 Å². The maximum Gasteiger partial charge on any atom is 0.263 e. The molecular formula is C26H30N4O4. The van der Waals surface area contributed by atoms with Gasteiger partial charge in [0, 0.05) is 37.3 Å². The molecule has 0 bridgehead atoms. The lowest BCUT2D eigenvalue weighted by atomic mass is 10.1. The molecule has 0 spiro atoms. The van der Waals surface area contributed by atoms with E-state index in [4.69, 9.17) is 9.26 Å². The molecule has 1 aromatic heterocycles. The molecule has 1 fully saturated rings. The predicted octanol–water partition coefficient (Wildman–Crippen LogP) is 3.92. The average Bonchev–Trinajstić information content (AvgIpc) is 3.34. The minimum atomic E-state index is -0.640. The van der Waals surface area contributed by atoms with E-state index in [1.54, 1.807) is 31.2 Å². The van der Waals surface area contributed by atoms with E-state index in [2.05, 4.69) is 15.0 Å². The zero-order chi connectivity index (χ0) is 24.2. The van der Waals surface area contributed by atoms with E-state index < -0.39 is 6.10 Å². The summed E-state index contributed by atoms with van der Waals surface area (Å²) in [5, 5.41) is 4.14. The highest BCUT2D eigenvalue weighted by Gasteiger charge is 2.30. The molecule has 1 aliphatic heterocycles. The fourth-order valence-corrected chi connectivity index (χ4v) is 4.01. The summed E-state index contributed by atoms with van der Waals surface area (Å²) in [6.45, 7) is 9.89. The Hall–Kier alpha value is -3.52. The first kappa shape index (κ1) is 23.6. The first-order valence-electron chi connectivity index (χ1n) is 11.5. The molecule has 178 valence electrons. The van der Waals surface area contributed by atoms with Gasteiger partial charge in [-0.15, -0.1) is 0 Å². The van der Waals surface area contributed by atoms with Crippen molar-refractivity contribution in [1.82, 2.24) is 19.9 Å². The van der Waals surface area contributed by atoms with Crippen molar-refractivity contribution in [1.29, 1.82) is 0 Å². The van der Waals surface area contributed by atoms with Crippen LogP contribution < -0.4 is 4.74 Å². The molecule has 0 N–H and O–H groups in total. The van der Waals surface area contributed by atoms with E-state index in [1.165, 1.54) is 12.5 Å². The predicted molar refractivity (Wildman–Crippen MR) is 128 cm³/mol. The van der Waals surface area contributed by atoms with Gasteiger partial charge in [0.2, 0.25) is 11.7 Å². The molecule has 0 saturated carbocycles. The number of amides is 1. The monoisotopic (exact) mass is 462 g/mol. The van der Waals surface area contributed by atoms with Crippen LogP contribution in [0.2, 0.25) is 0 Å². The zero-order valence-electron chi connectivity index (χ0n) is 20.0. The Balaban J connectivity index is 1.32. The molecule has 2 unspecified atom stereocenters. The quantitative estimate of drug-likeness (QED) is 0.492. The minimum Gasteiger partial charge on any atom is -0.481 e. The number of ether oxygens (including phenoxy) is 1. The number of carbonyl (C=O) groups is 2. The molecule has 4 rings (SSSR count). The Morgan fingerprint density at radius 3 is 2.41 bits per heavy atom. The van der Waals surface area contributed by atoms with Gasteiger partial charge in [-0.05, 0) is 39.8 Å². The van der Waals surface area contributed by atoms with Crippen molar-refractivity contribution in [2.24, 2.45) is 0 Å². The van der Waals surface area contributed by atoms with E-state index in [9.17, 15) is 9.59 Å². The van der Waals surface area contributed by atoms with E-state index in [-0.39, 0.29) is 17.7 Å². The van der Waals surface area contributed by atoms with Gasteiger partial charge in [0.15, 0.2) is 11.9 Å². The maximum atomic E-state index is 12.9. The van der Waals surface area contributed by atoms with E-state index in [1.807, 2.05) is 43.0 Å². The number of Topliss-reactive ketones (excluding diaryl/α,β-unsaturated/α-hetero) is 1. The second-order valence-electron chi connectivity index (χ2n) is 8.70. The second kappa shape index (κ2) is 10.2. The lowest BCUT2D eigenvalue weighted by Gasteiger charge is -2.37.